The minimum absolute atomic E-state index is 0.0713. The SMILES string of the molecule is CN(C)c1ccc(N)cc1C(=O)NCCCN1CCOCC1. The van der Waals surface area contributed by atoms with Crippen molar-refractivity contribution >= 4 is 17.3 Å². The van der Waals surface area contributed by atoms with E-state index in [0.717, 1.165) is 45.0 Å². The van der Waals surface area contributed by atoms with E-state index in [1.165, 1.54) is 0 Å². The third kappa shape index (κ3) is 4.61. The molecule has 1 aliphatic rings. The highest BCUT2D eigenvalue weighted by Crippen LogP contribution is 2.21. The summed E-state index contributed by atoms with van der Waals surface area (Å²) >= 11 is 0. The van der Waals surface area contributed by atoms with Crippen LogP contribution in [0, 0.1) is 0 Å². The Balaban J connectivity index is 1.83. The molecule has 1 fully saturated rings. The van der Waals surface area contributed by atoms with E-state index >= 15 is 0 Å². The molecule has 1 heterocycles. The van der Waals surface area contributed by atoms with Gasteiger partial charge in [-0.3, -0.25) is 9.69 Å². The number of rotatable bonds is 6. The number of benzene rings is 1. The Morgan fingerprint density at radius 3 is 2.77 bits per heavy atom. The molecule has 0 atom stereocenters. The largest absolute Gasteiger partial charge is 0.399 e. The summed E-state index contributed by atoms with van der Waals surface area (Å²) < 4.78 is 5.32. The maximum absolute atomic E-state index is 12.3. The number of ether oxygens (including phenoxy) is 1. The van der Waals surface area contributed by atoms with Gasteiger partial charge in [0, 0.05) is 45.1 Å². The van der Waals surface area contributed by atoms with Crippen molar-refractivity contribution in [2.24, 2.45) is 0 Å². The van der Waals surface area contributed by atoms with Gasteiger partial charge in [-0.25, -0.2) is 0 Å². The molecule has 1 saturated heterocycles. The van der Waals surface area contributed by atoms with Gasteiger partial charge in [0.2, 0.25) is 0 Å². The van der Waals surface area contributed by atoms with Crippen LogP contribution in [-0.2, 0) is 4.74 Å². The van der Waals surface area contributed by atoms with Crippen molar-refractivity contribution in [2.45, 2.75) is 6.42 Å². The minimum atomic E-state index is -0.0713. The van der Waals surface area contributed by atoms with Gasteiger partial charge < -0.3 is 20.7 Å². The molecule has 0 unspecified atom stereocenters. The van der Waals surface area contributed by atoms with E-state index in [0.29, 0.717) is 17.8 Å². The Labute approximate surface area is 132 Å². The number of amides is 1. The van der Waals surface area contributed by atoms with Crippen molar-refractivity contribution in [3.63, 3.8) is 0 Å². The first-order chi connectivity index (χ1) is 10.6. The zero-order valence-corrected chi connectivity index (χ0v) is 13.5. The van der Waals surface area contributed by atoms with Gasteiger partial charge in [-0.2, -0.15) is 0 Å². The average molecular weight is 306 g/mol. The van der Waals surface area contributed by atoms with Crippen LogP contribution in [-0.4, -0.2) is 64.3 Å². The fourth-order valence-electron chi connectivity index (χ4n) is 2.55. The quantitative estimate of drug-likeness (QED) is 0.600. The number of morpholine rings is 1. The molecule has 122 valence electrons. The van der Waals surface area contributed by atoms with Gasteiger partial charge in [-0.15, -0.1) is 0 Å². The lowest BCUT2D eigenvalue weighted by molar-refractivity contribution is 0.0374. The maximum atomic E-state index is 12.3. The summed E-state index contributed by atoms with van der Waals surface area (Å²) in [6.07, 6.45) is 0.936. The molecule has 1 aliphatic heterocycles. The number of hydrogen-bond acceptors (Lipinski definition) is 5. The van der Waals surface area contributed by atoms with E-state index in [1.54, 1.807) is 6.07 Å². The molecule has 1 aromatic carbocycles. The van der Waals surface area contributed by atoms with Crippen LogP contribution in [0.25, 0.3) is 0 Å². The third-order valence-corrected chi connectivity index (χ3v) is 3.79. The van der Waals surface area contributed by atoms with Crippen LogP contribution in [0.5, 0.6) is 0 Å². The predicted octanol–water partition coefficient (Wildman–Crippen LogP) is 0.787. The molecular weight excluding hydrogens is 280 g/mol. The fraction of sp³-hybridized carbons (Fsp3) is 0.562. The Hall–Kier alpha value is -1.79. The van der Waals surface area contributed by atoms with E-state index in [2.05, 4.69) is 10.2 Å². The lowest BCUT2D eigenvalue weighted by Gasteiger charge is -2.26. The van der Waals surface area contributed by atoms with Crippen LogP contribution < -0.4 is 16.0 Å². The first kappa shape index (κ1) is 16.6. The van der Waals surface area contributed by atoms with Crippen LogP contribution in [0.2, 0.25) is 0 Å². The van der Waals surface area contributed by atoms with Gasteiger partial charge in [0.05, 0.1) is 18.8 Å². The number of anilines is 2. The van der Waals surface area contributed by atoms with Gasteiger partial charge >= 0.3 is 0 Å². The minimum Gasteiger partial charge on any atom is -0.399 e. The normalized spacial score (nSPS) is 15.5. The van der Waals surface area contributed by atoms with Crippen molar-refractivity contribution in [1.82, 2.24) is 10.2 Å². The van der Waals surface area contributed by atoms with E-state index < -0.39 is 0 Å². The number of carbonyl (C=O) groups excluding carboxylic acids is 1. The molecule has 3 N–H and O–H groups in total. The second kappa shape index (κ2) is 8.00. The van der Waals surface area contributed by atoms with Crippen LogP contribution in [0.1, 0.15) is 16.8 Å². The third-order valence-electron chi connectivity index (χ3n) is 3.79. The van der Waals surface area contributed by atoms with Gasteiger partial charge in [-0.05, 0) is 31.2 Å². The average Bonchev–Trinajstić information content (AvgIpc) is 2.52. The number of nitrogens with two attached hydrogens (primary N) is 1. The second-order valence-corrected chi connectivity index (χ2v) is 5.73. The lowest BCUT2D eigenvalue weighted by Crippen LogP contribution is -2.38. The highest BCUT2D eigenvalue weighted by atomic mass is 16.5. The predicted molar refractivity (Wildman–Crippen MR) is 89.4 cm³/mol. The van der Waals surface area contributed by atoms with Gasteiger partial charge in [0.15, 0.2) is 0 Å². The first-order valence-electron chi connectivity index (χ1n) is 7.73. The van der Waals surface area contributed by atoms with Crippen LogP contribution >= 0.6 is 0 Å². The van der Waals surface area contributed by atoms with Gasteiger partial charge in [-0.1, -0.05) is 0 Å². The lowest BCUT2D eigenvalue weighted by atomic mass is 10.1. The smallest absolute Gasteiger partial charge is 0.253 e. The number of nitrogen functional groups attached to an aromatic ring is 1. The Morgan fingerprint density at radius 2 is 2.09 bits per heavy atom. The number of hydrogen-bond donors (Lipinski definition) is 2. The molecule has 0 spiro atoms. The molecule has 2 rings (SSSR count). The molecule has 0 saturated carbocycles. The standard InChI is InChI=1S/C16H26N4O2/c1-19(2)15-5-4-13(17)12-14(15)16(21)18-6-3-7-20-8-10-22-11-9-20/h4-5,12H,3,6-11,17H2,1-2H3,(H,18,21). The molecule has 0 bridgehead atoms. The zero-order valence-electron chi connectivity index (χ0n) is 13.5. The van der Waals surface area contributed by atoms with Crippen molar-refractivity contribution in [2.75, 3.05) is 64.1 Å². The highest BCUT2D eigenvalue weighted by Gasteiger charge is 2.14. The molecule has 1 aromatic rings. The Kier molecular flexibility index (Phi) is 6.03. The summed E-state index contributed by atoms with van der Waals surface area (Å²) in [6.45, 7) is 5.23. The summed E-state index contributed by atoms with van der Waals surface area (Å²) in [7, 11) is 3.83. The summed E-state index contributed by atoms with van der Waals surface area (Å²) in [5.74, 6) is -0.0713. The van der Waals surface area contributed by atoms with Crippen LogP contribution in [0.15, 0.2) is 18.2 Å². The zero-order chi connectivity index (χ0) is 15.9. The molecule has 0 aliphatic carbocycles. The van der Waals surface area contributed by atoms with Crippen molar-refractivity contribution in [3.8, 4) is 0 Å². The molecule has 0 radical (unpaired) electrons. The second-order valence-electron chi connectivity index (χ2n) is 5.73. The molecule has 6 heteroatoms. The Morgan fingerprint density at radius 1 is 1.36 bits per heavy atom. The van der Waals surface area contributed by atoms with Crippen LogP contribution in [0.3, 0.4) is 0 Å². The summed E-state index contributed by atoms with van der Waals surface area (Å²) in [6, 6.07) is 5.41. The van der Waals surface area contributed by atoms with E-state index in [1.807, 2.05) is 31.1 Å². The molecule has 0 aromatic heterocycles. The number of carbonyl (C=O) groups is 1. The monoisotopic (exact) mass is 306 g/mol. The van der Waals surface area contributed by atoms with Crippen molar-refractivity contribution < 1.29 is 9.53 Å². The van der Waals surface area contributed by atoms with Crippen LogP contribution in [0.4, 0.5) is 11.4 Å². The number of nitrogens with one attached hydrogen (secondary N) is 1. The molecule has 22 heavy (non-hydrogen) atoms. The van der Waals surface area contributed by atoms with E-state index in [9.17, 15) is 4.79 Å². The van der Waals surface area contributed by atoms with E-state index in [4.69, 9.17) is 10.5 Å². The Bertz CT molecular complexity index is 499. The maximum Gasteiger partial charge on any atom is 0.253 e. The molecule has 6 nitrogen and oxygen atoms in total. The molecular formula is C16H26N4O2. The highest BCUT2D eigenvalue weighted by molar-refractivity contribution is 6.00. The van der Waals surface area contributed by atoms with Gasteiger partial charge in [0.1, 0.15) is 0 Å². The summed E-state index contributed by atoms with van der Waals surface area (Å²) in [4.78, 5) is 16.6. The van der Waals surface area contributed by atoms with Gasteiger partial charge in [0.25, 0.3) is 5.91 Å². The fourth-order valence-corrected chi connectivity index (χ4v) is 2.55. The summed E-state index contributed by atoms with van der Waals surface area (Å²) in [5.41, 5.74) is 7.90. The van der Waals surface area contributed by atoms with Crippen molar-refractivity contribution in [3.05, 3.63) is 23.8 Å². The topological polar surface area (TPSA) is 70.8 Å². The number of nitrogens with zero attached hydrogens (tertiary/aromatic N) is 2. The first-order valence-corrected chi connectivity index (χ1v) is 7.73. The van der Waals surface area contributed by atoms with E-state index in [-0.39, 0.29) is 5.91 Å². The van der Waals surface area contributed by atoms with Crippen molar-refractivity contribution in [1.29, 1.82) is 0 Å². The molecule has 1 amide bonds. The summed E-state index contributed by atoms with van der Waals surface area (Å²) in [5, 5.41) is 2.98.